The fourth-order valence-electron chi connectivity index (χ4n) is 18.6. The van der Waals surface area contributed by atoms with Crippen LogP contribution in [0.3, 0.4) is 0 Å². The molecule has 1 aliphatic carbocycles. The lowest BCUT2D eigenvalue weighted by atomic mass is 9.84. The summed E-state index contributed by atoms with van der Waals surface area (Å²) in [7, 11) is 9.72. The molecule has 1 aliphatic rings. The molecule has 5 heterocycles. The first-order valence-corrected chi connectivity index (χ1v) is 45.8. The van der Waals surface area contributed by atoms with Crippen LogP contribution in [-0.2, 0) is 67.3 Å². The van der Waals surface area contributed by atoms with E-state index in [2.05, 4.69) is 97.9 Å². The van der Waals surface area contributed by atoms with Crippen molar-refractivity contribution in [1.82, 2.24) is 24.9 Å². The van der Waals surface area contributed by atoms with Gasteiger partial charge in [0.1, 0.15) is 57.6 Å². The van der Waals surface area contributed by atoms with Crippen molar-refractivity contribution in [3.05, 3.63) is 293 Å². The number of halogens is 11. The first kappa shape index (κ1) is 100. The van der Waals surface area contributed by atoms with Crippen molar-refractivity contribution >= 4 is 54.5 Å². The fourth-order valence-corrected chi connectivity index (χ4v) is 18.6. The highest BCUT2D eigenvalue weighted by Gasteiger charge is 2.48. The average Bonchev–Trinajstić information content (AvgIpc) is 1.01. The number of alkyl halides is 6. The summed E-state index contributed by atoms with van der Waals surface area (Å²) in [5.74, 6) is 0.0698. The van der Waals surface area contributed by atoms with Crippen LogP contribution in [0, 0.1) is 150 Å². The van der Waals surface area contributed by atoms with Crippen molar-refractivity contribution in [3.63, 3.8) is 0 Å². The van der Waals surface area contributed by atoms with E-state index in [-0.39, 0.29) is 41.9 Å². The van der Waals surface area contributed by atoms with E-state index in [1.54, 1.807) is 64.6 Å². The van der Waals surface area contributed by atoms with E-state index in [0.29, 0.717) is 61.1 Å². The van der Waals surface area contributed by atoms with E-state index in [0.717, 1.165) is 182 Å². The highest BCUT2D eigenvalue weighted by Crippen LogP contribution is 2.45. The van der Waals surface area contributed by atoms with E-state index in [1.165, 1.54) is 70.1 Å². The molecule has 0 spiro atoms. The zero-order valence-electron chi connectivity index (χ0n) is 81.9. The standard InChI is InChI=1S/C24H28FN2.2C23H25F4N2.2C21H24FN2/c1-15-11-21(16(2)17(3)23(15)25)24-20-10-9-19(12-18-7-5-6-8-18)13-22(20)26-14-27(24)4;2*1-13-9-18(14(2)15(3)20(13)24)21-17-8-7-16(10-19(17)28-12-29(21)6)11-22(4,5)23(25,26)27;2*1-6-7-16-8-9-17-19(11-16)23-12-24(5)21(17)18-10-13(2)20(22)15(4)14(18)3/h9-11,13-14,18H,5-8,12H2,1-4H3;2*7-10,12H,11H2,1-6H3;2*8-12H,6-7H2,1-5H3/q5*+1. The molecule has 10 aromatic carbocycles. The molecule has 0 unspecified atom stereocenters. The Balaban J connectivity index is 0.000000150. The van der Waals surface area contributed by atoms with Crippen LogP contribution in [0.15, 0.2) is 153 Å². The summed E-state index contributed by atoms with van der Waals surface area (Å²) < 4.78 is 161. The van der Waals surface area contributed by atoms with Gasteiger partial charge in [-0.05, 0) is 369 Å². The number of hydrogen-bond donors (Lipinski definition) is 0. The number of hydrogen-bond acceptors (Lipinski definition) is 5. The van der Waals surface area contributed by atoms with Gasteiger partial charge in [0.2, 0.25) is 0 Å². The second kappa shape index (κ2) is 40.1. The molecule has 0 bridgehead atoms. The van der Waals surface area contributed by atoms with Crippen LogP contribution in [0.25, 0.3) is 111 Å². The Bertz CT molecular complexity index is 6670. The molecule has 16 rings (SSSR count). The summed E-state index contributed by atoms with van der Waals surface area (Å²) in [6.45, 7) is 36.9. The normalized spacial score (nSPS) is 12.6. The van der Waals surface area contributed by atoms with Gasteiger partial charge < -0.3 is 0 Å². The molecule has 21 heteroatoms. The van der Waals surface area contributed by atoms with E-state index >= 15 is 0 Å². The van der Waals surface area contributed by atoms with Crippen LogP contribution in [0.2, 0.25) is 0 Å². The Morgan fingerprint density at radius 2 is 0.489 bits per heavy atom. The van der Waals surface area contributed by atoms with Crippen LogP contribution in [0.4, 0.5) is 48.3 Å². The molecule has 1 saturated carbocycles. The molecule has 0 atom stereocenters. The van der Waals surface area contributed by atoms with Crippen LogP contribution < -0.4 is 22.8 Å². The average molecular weight is 1820 g/mol. The summed E-state index contributed by atoms with van der Waals surface area (Å²) in [6, 6.07) is 39.7. The van der Waals surface area contributed by atoms with Crippen molar-refractivity contribution in [3.8, 4) is 56.3 Å². The summed E-state index contributed by atoms with van der Waals surface area (Å²) >= 11 is 0. The Hall–Kier alpha value is -11.9. The molecule has 1 fully saturated rings. The third-order valence-electron chi connectivity index (χ3n) is 27.4. The number of benzene rings is 10. The van der Waals surface area contributed by atoms with Gasteiger partial charge in [0.15, 0.2) is 27.6 Å². The lowest BCUT2D eigenvalue weighted by Gasteiger charge is -2.27. The molecule has 15 aromatic rings. The monoisotopic (exact) mass is 1820 g/mol. The number of nitrogens with zero attached hydrogens (tertiary/aromatic N) is 10. The Kier molecular flexibility index (Phi) is 30.2. The van der Waals surface area contributed by atoms with Crippen LogP contribution in [0.1, 0.15) is 191 Å². The summed E-state index contributed by atoms with van der Waals surface area (Å²) in [5, 5.41) is 4.97. The van der Waals surface area contributed by atoms with Crippen molar-refractivity contribution in [2.75, 3.05) is 0 Å². The lowest BCUT2D eigenvalue weighted by Crippen LogP contribution is -2.34. The Morgan fingerprint density at radius 3 is 0.707 bits per heavy atom. The molecule has 10 nitrogen and oxygen atoms in total. The maximum atomic E-state index is 14.3. The summed E-state index contributed by atoms with van der Waals surface area (Å²) in [5.41, 5.74) is 26.9. The third-order valence-corrected chi connectivity index (χ3v) is 27.4. The van der Waals surface area contributed by atoms with Crippen LogP contribution in [-0.4, -0.2) is 37.3 Å². The molecular formula is C112H126F11N10+5. The van der Waals surface area contributed by atoms with Gasteiger partial charge in [0.05, 0.1) is 73.0 Å². The van der Waals surface area contributed by atoms with Crippen molar-refractivity contribution in [2.24, 2.45) is 52.0 Å². The van der Waals surface area contributed by atoms with Gasteiger partial charge in [-0.3, -0.25) is 0 Å². The van der Waals surface area contributed by atoms with Crippen LogP contribution >= 0.6 is 0 Å². The predicted octanol–water partition coefficient (Wildman–Crippen LogP) is 26.9. The van der Waals surface area contributed by atoms with Gasteiger partial charge in [0.25, 0.3) is 31.6 Å². The molecule has 0 radical (unpaired) electrons. The van der Waals surface area contributed by atoms with Gasteiger partial charge in [-0.2, -0.15) is 26.3 Å². The lowest BCUT2D eigenvalue weighted by molar-refractivity contribution is -0.662. The molecule has 5 aromatic heterocycles. The highest BCUT2D eigenvalue weighted by atomic mass is 19.4. The molecular weight excluding hydrogens is 1690 g/mol. The Morgan fingerprint density at radius 1 is 0.286 bits per heavy atom. The van der Waals surface area contributed by atoms with Crippen molar-refractivity contribution < 1.29 is 71.1 Å². The minimum absolute atomic E-state index is 0.101. The predicted molar refractivity (Wildman–Crippen MR) is 513 cm³/mol. The quantitative estimate of drug-likeness (QED) is 0.0754. The largest absolute Gasteiger partial charge is 0.394 e. The van der Waals surface area contributed by atoms with Gasteiger partial charge >= 0.3 is 12.4 Å². The summed E-state index contributed by atoms with van der Waals surface area (Å²) in [4.78, 5) is 22.7. The van der Waals surface area contributed by atoms with E-state index in [9.17, 15) is 48.3 Å². The van der Waals surface area contributed by atoms with E-state index in [1.807, 2.05) is 191 Å². The minimum Gasteiger partial charge on any atom is -0.232 e. The molecule has 0 N–H and O–H groups in total. The number of aromatic nitrogens is 10. The first-order valence-electron chi connectivity index (χ1n) is 45.8. The SMILES string of the molecule is CCCc1ccc2c(-c3cc(C)c(F)c(C)c3C)[n+](C)cnc2c1.CCCc1ccc2c(-c3cc(C)c(F)c(C)c3C)[n+](C)cnc2c1.Cc1cc(-c2c3ccc(CC(C)(C)C(F)(F)F)cc3nc[n+]2C)c(C)c(C)c1F.Cc1cc(-c2c3ccc(CC(C)(C)C(F)(F)F)cc3nc[n+]2C)c(C)c(C)c1F.Cc1cc(-c2c3ccc(CC4CCCC4)cc3nc[n+]2C)c(C)c(C)c1F. The van der Waals surface area contributed by atoms with Crippen LogP contribution in [0.5, 0.6) is 0 Å². The first-order chi connectivity index (χ1) is 62.5. The minimum atomic E-state index is -4.29. The summed E-state index contributed by atoms with van der Waals surface area (Å²) in [6.07, 6.45) is 11.0. The molecule has 0 saturated heterocycles. The smallest absolute Gasteiger partial charge is 0.232 e. The van der Waals surface area contributed by atoms with Gasteiger partial charge in [-0.15, -0.1) is 0 Å². The van der Waals surface area contributed by atoms with Gasteiger partial charge in [-0.1, -0.05) is 110 Å². The molecule has 696 valence electrons. The molecule has 0 aliphatic heterocycles. The van der Waals surface area contributed by atoms with E-state index in [4.69, 9.17) is 0 Å². The van der Waals surface area contributed by atoms with Gasteiger partial charge in [-0.25, -0.2) is 44.8 Å². The van der Waals surface area contributed by atoms with Crippen molar-refractivity contribution in [2.45, 2.75) is 228 Å². The number of aryl methyl sites for hydroxylation is 12. The zero-order valence-corrected chi connectivity index (χ0v) is 81.9. The second-order valence-corrected chi connectivity index (χ2v) is 38.3. The van der Waals surface area contributed by atoms with E-state index < -0.39 is 23.2 Å². The maximum Gasteiger partial charge on any atom is 0.394 e. The topological polar surface area (TPSA) is 83.8 Å². The molecule has 0 amide bonds. The zero-order chi connectivity index (χ0) is 97.4. The second-order valence-electron chi connectivity index (χ2n) is 38.3. The molecule has 133 heavy (non-hydrogen) atoms. The Labute approximate surface area is 776 Å². The maximum absolute atomic E-state index is 14.3. The third kappa shape index (κ3) is 20.9. The number of rotatable bonds is 15. The van der Waals surface area contributed by atoms with Crippen molar-refractivity contribution in [1.29, 1.82) is 0 Å². The highest BCUT2D eigenvalue weighted by molar-refractivity contribution is 5.96. The fraction of sp³-hybridized carbons (Fsp3) is 0.375. The van der Waals surface area contributed by atoms with Gasteiger partial charge in [0, 0.05) is 27.8 Å². The number of fused-ring (bicyclic) bond motifs is 5.